The van der Waals surface area contributed by atoms with E-state index in [-0.39, 0.29) is 11.7 Å². The van der Waals surface area contributed by atoms with Gasteiger partial charge in [-0.3, -0.25) is 14.3 Å². The summed E-state index contributed by atoms with van der Waals surface area (Å²) < 4.78 is 14.8. The first-order valence-electron chi connectivity index (χ1n) is 8.52. The Balaban J connectivity index is 1.66. The van der Waals surface area contributed by atoms with E-state index in [0.29, 0.717) is 32.5 Å². The van der Waals surface area contributed by atoms with Crippen LogP contribution in [0.3, 0.4) is 0 Å². The number of hydrogen-bond acceptors (Lipinski definition) is 4. The van der Waals surface area contributed by atoms with Crippen LogP contribution in [0.5, 0.6) is 0 Å². The normalized spacial score (nSPS) is 17.4. The van der Waals surface area contributed by atoms with Crippen LogP contribution < -0.4 is 10.6 Å². The number of nitrogens with two attached hydrogens (primary N) is 1. The Bertz CT molecular complexity index is 789. The van der Waals surface area contributed by atoms with Crippen LogP contribution in [-0.2, 0) is 23.1 Å². The van der Waals surface area contributed by atoms with E-state index in [1.54, 1.807) is 27.9 Å². The molecule has 0 saturated carbocycles. The van der Waals surface area contributed by atoms with Crippen molar-refractivity contribution < 1.29 is 14.0 Å². The van der Waals surface area contributed by atoms with Gasteiger partial charge in [0.15, 0.2) is 0 Å². The lowest BCUT2D eigenvalue weighted by Crippen LogP contribution is -2.60. The molecule has 1 aromatic carbocycles. The predicted molar refractivity (Wildman–Crippen MR) is 94.8 cm³/mol. The Morgan fingerprint density at radius 2 is 1.96 bits per heavy atom. The van der Waals surface area contributed by atoms with Gasteiger partial charge in [0, 0.05) is 50.7 Å². The molecule has 2 heterocycles. The van der Waals surface area contributed by atoms with Crippen LogP contribution in [0.1, 0.15) is 12.1 Å². The molecule has 1 unspecified atom stereocenters. The van der Waals surface area contributed by atoms with E-state index in [1.807, 2.05) is 18.0 Å². The molecule has 1 aliphatic heterocycles. The number of nitrogens with zero attached hydrogens (tertiary/aromatic N) is 4. The van der Waals surface area contributed by atoms with Gasteiger partial charge < -0.3 is 15.5 Å². The lowest BCUT2D eigenvalue weighted by atomic mass is 10.1. The van der Waals surface area contributed by atoms with Gasteiger partial charge in [-0.25, -0.2) is 4.39 Å². The Morgan fingerprint density at radius 1 is 1.23 bits per heavy atom. The summed E-state index contributed by atoms with van der Waals surface area (Å²) in [6.07, 6.45) is 2.53. The van der Waals surface area contributed by atoms with Crippen molar-refractivity contribution in [2.75, 3.05) is 24.5 Å². The smallest absolute Gasteiger partial charge is 0.242 e. The molecule has 7 nitrogen and oxygen atoms in total. The van der Waals surface area contributed by atoms with Crippen LogP contribution in [0.25, 0.3) is 0 Å². The largest absolute Gasteiger partial charge is 0.368 e. The van der Waals surface area contributed by atoms with Gasteiger partial charge in [0.1, 0.15) is 11.9 Å². The third-order valence-electron chi connectivity index (χ3n) is 4.74. The van der Waals surface area contributed by atoms with Gasteiger partial charge in [0.2, 0.25) is 11.8 Å². The average molecular weight is 359 g/mol. The number of aromatic nitrogens is 2. The monoisotopic (exact) mass is 359 g/mol. The molecule has 1 saturated heterocycles. The number of primary amides is 1. The molecule has 0 radical (unpaired) electrons. The number of benzene rings is 1. The quantitative estimate of drug-likeness (QED) is 0.851. The summed E-state index contributed by atoms with van der Waals surface area (Å²) in [7, 11) is 1.83. The average Bonchev–Trinajstić information content (AvgIpc) is 3.04. The zero-order chi connectivity index (χ0) is 18.7. The fraction of sp³-hybridized carbons (Fsp3) is 0.389. The van der Waals surface area contributed by atoms with E-state index in [9.17, 15) is 14.0 Å². The van der Waals surface area contributed by atoms with Crippen LogP contribution in [0.2, 0.25) is 0 Å². The lowest BCUT2D eigenvalue weighted by molar-refractivity contribution is -0.139. The number of hydrogen-bond donors (Lipinski definition) is 1. The van der Waals surface area contributed by atoms with Crippen molar-refractivity contribution in [3.63, 3.8) is 0 Å². The third-order valence-corrected chi connectivity index (χ3v) is 4.74. The Hall–Kier alpha value is -2.90. The molecular formula is C18H22FN5O2. The molecule has 1 aromatic heterocycles. The number of aryl methyl sites for hydroxylation is 2. The molecular weight excluding hydrogens is 337 g/mol. The fourth-order valence-corrected chi connectivity index (χ4v) is 3.24. The van der Waals surface area contributed by atoms with Gasteiger partial charge in [-0.15, -0.1) is 0 Å². The molecule has 1 fully saturated rings. The second-order valence-corrected chi connectivity index (χ2v) is 6.37. The highest BCUT2D eigenvalue weighted by Crippen LogP contribution is 2.20. The second kappa shape index (κ2) is 7.55. The molecule has 26 heavy (non-hydrogen) atoms. The minimum Gasteiger partial charge on any atom is -0.368 e. The molecule has 8 heteroatoms. The Labute approximate surface area is 151 Å². The van der Waals surface area contributed by atoms with E-state index in [2.05, 4.69) is 5.10 Å². The summed E-state index contributed by atoms with van der Waals surface area (Å²) in [5.41, 5.74) is 7.30. The van der Waals surface area contributed by atoms with Gasteiger partial charge in [-0.05, 0) is 36.8 Å². The molecule has 2 aromatic rings. The number of rotatable bonds is 5. The number of amides is 2. The molecule has 0 bridgehead atoms. The SMILES string of the molecule is Cn1nccc1CCC(=O)N1CCN(c2ccc(F)cc2)CC1C(N)=O. The van der Waals surface area contributed by atoms with E-state index < -0.39 is 11.9 Å². The van der Waals surface area contributed by atoms with E-state index in [0.717, 1.165) is 11.4 Å². The number of anilines is 1. The number of piperazine rings is 1. The van der Waals surface area contributed by atoms with Crippen LogP contribution in [0.4, 0.5) is 10.1 Å². The topological polar surface area (TPSA) is 84.5 Å². The number of halogens is 1. The van der Waals surface area contributed by atoms with Crippen LogP contribution in [-0.4, -0.2) is 52.2 Å². The highest BCUT2D eigenvalue weighted by Gasteiger charge is 2.34. The first kappa shape index (κ1) is 17.9. The minimum atomic E-state index is -0.701. The third kappa shape index (κ3) is 3.84. The Morgan fingerprint density at radius 3 is 2.58 bits per heavy atom. The first-order chi connectivity index (χ1) is 12.5. The highest BCUT2D eigenvalue weighted by atomic mass is 19.1. The van der Waals surface area contributed by atoms with Crippen molar-refractivity contribution in [2.45, 2.75) is 18.9 Å². The van der Waals surface area contributed by atoms with Gasteiger partial charge in [0.05, 0.1) is 0 Å². The second-order valence-electron chi connectivity index (χ2n) is 6.37. The van der Waals surface area contributed by atoms with Crippen LogP contribution in [0, 0.1) is 5.82 Å². The van der Waals surface area contributed by atoms with Gasteiger partial charge in [-0.1, -0.05) is 0 Å². The molecule has 1 aliphatic rings. The maximum atomic E-state index is 13.1. The highest BCUT2D eigenvalue weighted by molar-refractivity contribution is 5.87. The van der Waals surface area contributed by atoms with E-state index in [4.69, 9.17) is 5.73 Å². The first-order valence-corrected chi connectivity index (χ1v) is 8.52. The maximum Gasteiger partial charge on any atom is 0.242 e. The van der Waals surface area contributed by atoms with Crippen molar-refractivity contribution >= 4 is 17.5 Å². The molecule has 2 N–H and O–H groups in total. The summed E-state index contributed by atoms with van der Waals surface area (Å²) in [6.45, 7) is 1.26. The fourth-order valence-electron chi connectivity index (χ4n) is 3.24. The summed E-state index contributed by atoms with van der Waals surface area (Å²) in [5.74, 6) is -0.955. The lowest BCUT2D eigenvalue weighted by Gasteiger charge is -2.41. The zero-order valence-electron chi connectivity index (χ0n) is 14.6. The minimum absolute atomic E-state index is 0.103. The molecule has 0 aliphatic carbocycles. The number of carbonyl (C=O) groups excluding carboxylic acids is 2. The zero-order valence-corrected chi connectivity index (χ0v) is 14.6. The number of carbonyl (C=O) groups is 2. The van der Waals surface area contributed by atoms with Crippen LogP contribution in [0.15, 0.2) is 36.5 Å². The Kier molecular flexibility index (Phi) is 5.20. The summed E-state index contributed by atoms with van der Waals surface area (Å²) in [4.78, 5) is 28.0. The molecule has 0 spiro atoms. The van der Waals surface area contributed by atoms with Gasteiger partial charge >= 0.3 is 0 Å². The van der Waals surface area contributed by atoms with Gasteiger partial charge in [-0.2, -0.15) is 5.10 Å². The van der Waals surface area contributed by atoms with Crippen molar-refractivity contribution in [2.24, 2.45) is 12.8 Å². The predicted octanol–water partition coefficient (Wildman–Crippen LogP) is 0.695. The molecule has 138 valence electrons. The van der Waals surface area contributed by atoms with Crippen molar-refractivity contribution in [3.8, 4) is 0 Å². The van der Waals surface area contributed by atoms with Crippen molar-refractivity contribution in [1.82, 2.24) is 14.7 Å². The summed E-state index contributed by atoms with van der Waals surface area (Å²) >= 11 is 0. The summed E-state index contributed by atoms with van der Waals surface area (Å²) in [6, 6.07) is 7.24. The molecule has 2 amide bonds. The van der Waals surface area contributed by atoms with Crippen molar-refractivity contribution in [1.29, 1.82) is 0 Å². The standard InChI is InChI=1S/C18H22FN5O2/c1-22-14(8-9-21-22)6-7-17(25)24-11-10-23(12-16(24)18(20)26)15-4-2-13(19)3-5-15/h2-5,8-9,16H,6-7,10-12H2,1H3,(H2,20,26). The maximum absolute atomic E-state index is 13.1. The van der Waals surface area contributed by atoms with Gasteiger partial charge in [0.25, 0.3) is 0 Å². The summed E-state index contributed by atoms with van der Waals surface area (Å²) in [5, 5.41) is 4.08. The molecule has 3 rings (SSSR count). The molecule has 1 atom stereocenters. The van der Waals surface area contributed by atoms with E-state index >= 15 is 0 Å². The van der Waals surface area contributed by atoms with E-state index in [1.165, 1.54) is 12.1 Å². The van der Waals surface area contributed by atoms with Crippen LogP contribution >= 0.6 is 0 Å². The van der Waals surface area contributed by atoms with Crippen molar-refractivity contribution in [3.05, 3.63) is 48.0 Å².